The van der Waals surface area contributed by atoms with Crippen LogP contribution in [0.4, 0.5) is 5.13 Å². The molecule has 0 fully saturated rings. The van der Waals surface area contributed by atoms with Crippen LogP contribution in [0.2, 0.25) is 0 Å². The van der Waals surface area contributed by atoms with Crippen LogP contribution in [0.1, 0.15) is 12.8 Å². The van der Waals surface area contributed by atoms with Crippen molar-refractivity contribution in [2.24, 2.45) is 0 Å². The van der Waals surface area contributed by atoms with E-state index in [9.17, 15) is 9.59 Å². The van der Waals surface area contributed by atoms with E-state index in [1.807, 2.05) is 24.3 Å². The van der Waals surface area contributed by atoms with E-state index in [-0.39, 0.29) is 11.5 Å². The minimum absolute atomic E-state index is 0.126. The van der Waals surface area contributed by atoms with Crippen LogP contribution in [-0.2, 0) is 11.3 Å². The molecule has 7 nitrogen and oxygen atoms in total. The molecular weight excluding hydrogens is 352 g/mol. The molecule has 0 spiro atoms. The molecule has 0 bridgehead atoms. The fraction of sp³-hybridized carbons (Fsp3) is 0.222. The molecule has 1 aromatic carbocycles. The molecule has 3 rings (SSSR count). The van der Waals surface area contributed by atoms with Crippen LogP contribution >= 0.6 is 11.3 Å². The van der Waals surface area contributed by atoms with E-state index in [0.717, 1.165) is 11.3 Å². The maximum Gasteiger partial charge on any atom is 0.266 e. The summed E-state index contributed by atoms with van der Waals surface area (Å²) in [6.07, 6.45) is 2.44. The van der Waals surface area contributed by atoms with Crippen LogP contribution in [0.5, 0.6) is 5.75 Å². The average Bonchev–Trinajstić information content (AvgIpc) is 3.16. The number of carbonyl (C=O) groups is 1. The molecule has 0 aliphatic heterocycles. The smallest absolute Gasteiger partial charge is 0.266 e. The van der Waals surface area contributed by atoms with Crippen LogP contribution in [0.15, 0.2) is 52.8 Å². The number of methoxy groups -OCH3 is 1. The molecule has 2 aromatic heterocycles. The summed E-state index contributed by atoms with van der Waals surface area (Å²) in [7, 11) is 1.61. The molecule has 8 heteroatoms. The number of ether oxygens (including phenoxy) is 1. The molecule has 0 saturated heterocycles. The van der Waals surface area contributed by atoms with Gasteiger partial charge in [0.15, 0.2) is 5.13 Å². The van der Waals surface area contributed by atoms with E-state index >= 15 is 0 Å². The minimum atomic E-state index is -0.192. The number of anilines is 1. The van der Waals surface area contributed by atoms with Gasteiger partial charge < -0.3 is 10.1 Å². The van der Waals surface area contributed by atoms with Gasteiger partial charge in [-0.3, -0.25) is 9.59 Å². The second-order valence-corrected chi connectivity index (χ2v) is 6.39. The number of amides is 1. The van der Waals surface area contributed by atoms with Crippen LogP contribution in [-0.4, -0.2) is 27.8 Å². The Morgan fingerprint density at radius 1 is 1.23 bits per heavy atom. The van der Waals surface area contributed by atoms with Gasteiger partial charge in [-0.15, -0.1) is 11.3 Å². The first-order valence-corrected chi connectivity index (χ1v) is 8.95. The number of aryl methyl sites for hydroxylation is 1. The van der Waals surface area contributed by atoms with Gasteiger partial charge >= 0.3 is 0 Å². The number of nitrogens with zero attached hydrogens (tertiary/aromatic N) is 3. The first-order valence-electron chi connectivity index (χ1n) is 8.07. The lowest BCUT2D eigenvalue weighted by atomic mass is 10.1. The van der Waals surface area contributed by atoms with Crippen molar-refractivity contribution in [3.05, 3.63) is 58.3 Å². The monoisotopic (exact) mass is 370 g/mol. The lowest BCUT2D eigenvalue weighted by molar-refractivity contribution is -0.116. The Labute approximate surface area is 154 Å². The number of carbonyl (C=O) groups excluding carboxylic acids is 1. The first-order chi connectivity index (χ1) is 12.7. The van der Waals surface area contributed by atoms with Crippen molar-refractivity contribution in [3.8, 4) is 17.0 Å². The number of rotatable bonds is 7. The van der Waals surface area contributed by atoms with Crippen molar-refractivity contribution >= 4 is 22.4 Å². The third-order valence-electron chi connectivity index (χ3n) is 3.70. The van der Waals surface area contributed by atoms with Crippen LogP contribution in [0.3, 0.4) is 0 Å². The van der Waals surface area contributed by atoms with Crippen LogP contribution in [0, 0.1) is 0 Å². The van der Waals surface area contributed by atoms with Crippen molar-refractivity contribution in [2.75, 3.05) is 12.4 Å². The van der Waals surface area contributed by atoms with Crippen molar-refractivity contribution in [1.29, 1.82) is 0 Å². The summed E-state index contributed by atoms with van der Waals surface area (Å²) < 4.78 is 6.53. The normalized spacial score (nSPS) is 10.5. The molecule has 3 aromatic rings. The Bertz CT molecular complexity index is 920. The number of nitrogens with one attached hydrogen (secondary N) is 1. The molecule has 0 aliphatic rings. The van der Waals surface area contributed by atoms with E-state index in [0.29, 0.717) is 30.2 Å². The second kappa shape index (κ2) is 8.39. The van der Waals surface area contributed by atoms with Gasteiger partial charge in [-0.2, -0.15) is 5.10 Å². The highest BCUT2D eigenvalue weighted by atomic mass is 32.1. The highest BCUT2D eigenvalue weighted by Crippen LogP contribution is 2.19. The van der Waals surface area contributed by atoms with Crippen molar-refractivity contribution in [1.82, 2.24) is 14.8 Å². The van der Waals surface area contributed by atoms with E-state index < -0.39 is 0 Å². The average molecular weight is 370 g/mol. The molecule has 1 N–H and O–H groups in total. The summed E-state index contributed by atoms with van der Waals surface area (Å²) in [5, 5.41) is 9.48. The SMILES string of the molecule is COc1ccc(-c2ccc(=O)n(CCCC(=O)Nc3nccs3)n2)cc1. The first kappa shape index (κ1) is 17.8. The third-order valence-corrected chi connectivity index (χ3v) is 4.39. The molecule has 1 amide bonds. The largest absolute Gasteiger partial charge is 0.497 e. The summed E-state index contributed by atoms with van der Waals surface area (Å²) >= 11 is 1.37. The topological polar surface area (TPSA) is 86.1 Å². The fourth-order valence-electron chi connectivity index (χ4n) is 2.38. The predicted octanol–water partition coefficient (Wildman–Crippen LogP) is 2.79. The molecule has 26 heavy (non-hydrogen) atoms. The van der Waals surface area contributed by atoms with Gasteiger partial charge in [0.2, 0.25) is 5.91 Å². The van der Waals surface area contributed by atoms with Gasteiger partial charge in [-0.25, -0.2) is 9.67 Å². The standard InChI is InChI=1S/C18H18N4O3S/c1-25-14-6-4-13(5-7-14)15-8-9-17(24)22(21-15)11-2-3-16(23)20-18-19-10-12-26-18/h4-10,12H,2-3,11H2,1H3,(H,19,20,23). The van der Waals surface area contributed by atoms with Crippen molar-refractivity contribution in [3.63, 3.8) is 0 Å². The summed E-state index contributed by atoms with van der Waals surface area (Å²) in [6.45, 7) is 0.369. The zero-order valence-corrected chi connectivity index (χ0v) is 15.0. The maximum absolute atomic E-state index is 12.0. The summed E-state index contributed by atoms with van der Waals surface area (Å²) in [4.78, 5) is 27.9. The lowest BCUT2D eigenvalue weighted by Crippen LogP contribution is -2.23. The number of thiazole rings is 1. The zero-order valence-electron chi connectivity index (χ0n) is 14.2. The van der Waals surface area contributed by atoms with Gasteiger partial charge in [-0.05, 0) is 36.8 Å². The van der Waals surface area contributed by atoms with Crippen molar-refractivity contribution in [2.45, 2.75) is 19.4 Å². The maximum atomic E-state index is 12.0. The van der Waals surface area contributed by atoms with Gasteiger partial charge in [0.25, 0.3) is 5.56 Å². The highest BCUT2D eigenvalue weighted by molar-refractivity contribution is 7.13. The molecule has 0 aliphatic carbocycles. The van der Waals surface area contributed by atoms with E-state index in [1.54, 1.807) is 24.8 Å². The van der Waals surface area contributed by atoms with Gasteiger partial charge in [0, 0.05) is 36.2 Å². The number of hydrogen-bond donors (Lipinski definition) is 1. The summed E-state index contributed by atoms with van der Waals surface area (Å²) in [5.74, 6) is 0.632. The van der Waals surface area contributed by atoms with Crippen LogP contribution < -0.4 is 15.6 Å². The number of benzene rings is 1. The van der Waals surface area contributed by atoms with Gasteiger partial charge in [0.1, 0.15) is 5.75 Å². The summed E-state index contributed by atoms with van der Waals surface area (Å²) in [5.41, 5.74) is 1.39. The number of hydrogen-bond acceptors (Lipinski definition) is 6. The Kier molecular flexibility index (Phi) is 5.75. The quantitative estimate of drug-likeness (QED) is 0.691. The van der Waals surface area contributed by atoms with Crippen LogP contribution in [0.25, 0.3) is 11.3 Å². The van der Waals surface area contributed by atoms with Crippen molar-refractivity contribution < 1.29 is 9.53 Å². The van der Waals surface area contributed by atoms with E-state index in [1.165, 1.54) is 22.1 Å². The minimum Gasteiger partial charge on any atom is -0.497 e. The Morgan fingerprint density at radius 3 is 2.73 bits per heavy atom. The van der Waals surface area contributed by atoms with Gasteiger partial charge in [0.05, 0.1) is 12.8 Å². The molecule has 0 saturated carbocycles. The molecular formula is C18H18N4O3S. The zero-order chi connectivity index (χ0) is 18.4. The highest BCUT2D eigenvalue weighted by Gasteiger charge is 2.07. The Morgan fingerprint density at radius 2 is 2.04 bits per heavy atom. The Balaban J connectivity index is 1.62. The number of aromatic nitrogens is 3. The summed E-state index contributed by atoms with van der Waals surface area (Å²) in [6, 6.07) is 10.6. The van der Waals surface area contributed by atoms with E-state index in [2.05, 4.69) is 15.4 Å². The molecule has 2 heterocycles. The third kappa shape index (κ3) is 4.54. The Hall–Kier alpha value is -3.00. The van der Waals surface area contributed by atoms with Gasteiger partial charge in [-0.1, -0.05) is 0 Å². The molecule has 0 unspecified atom stereocenters. The lowest BCUT2D eigenvalue weighted by Gasteiger charge is -2.08. The second-order valence-electron chi connectivity index (χ2n) is 5.50. The predicted molar refractivity (Wildman–Crippen MR) is 100 cm³/mol. The molecule has 0 atom stereocenters. The van der Waals surface area contributed by atoms with E-state index in [4.69, 9.17) is 4.74 Å². The fourth-order valence-corrected chi connectivity index (χ4v) is 2.93. The molecule has 0 radical (unpaired) electrons. The molecule has 134 valence electrons.